The molecule has 1 fully saturated rings. The molecule has 21 heavy (non-hydrogen) atoms. The Kier molecular flexibility index (Phi) is 5.80. The second-order valence-electron chi connectivity index (χ2n) is 6.48. The first-order valence-electron chi connectivity index (χ1n) is 8.10. The summed E-state index contributed by atoms with van der Waals surface area (Å²) in [6, 6.07) is 6.38. The van der Waals surface area contributed by atoms with Crippen molar-refractivity contribution in [2.45, 2.75) is 46.6 Å². The molecule has 2 N–H and O–H groups in total. The zero-order valence-electron chi connectivity index (χ0n) is 13.5. The first kappa shape index (κ1) is 16.0. The summed E-state index contributed by atoms with van der Waals surface area (Å²) in [5.41, 5.74) is 3.73. The van der Waals surface area contributed by atoms with Crippen LogP contribution < -0.4 is 10.6 Å². The Bertz CT molecular complexity index is 478. The second-order valence-corrected chi connectivity index (χ2v) is 6.48. The summed E-state index contributed by atoms with van der Waals surface area (Å²) in [4.78, 5) is 12.1. The number of nitrogens with one attached hydrogen (secondary N) is 2. The molecular formula is C18H28N2O. The molecule has 3 heteroatoms. The number of hydrogen-bond acceptors (Lipinski definition) is 2. The van der Waals surface area contributed by atoms with Crippen molar-refractivity contribution < 1.29 is 4.79 Å². The van der Waals surface area contributed by atoms with Gasteiger partial charge in [0.05, 0.1) is 0 Å². The maximum atomic E-state index is 12.1. The van der Waals surface area contributed by atoms with E-state index < -0.39 is 0 Å². The lowest BCUT2D eigenvalue weighted by Crippen LogP contribution is -2.33. The van der Waals surface area contributed by atoms with Gasteiger partial charge in [0.25, 0.3) is 0 Å². The summed E-state index contributed by atoms with van der Waals surface area (Å²) >= 11 is 0. The van der Waals surface area contributed by atoms with Gasteiger partial charge >= 0.3 is 0 Å². The van der Waals surface area contributed by atoms with E-state index in [9.17, 15) is 4.79 Å². The summed E-state index contributed by atoms with van der Waals surface area (Å²) in [6.07, 6.45) is 3.05. The van der Waals surface area contributed by atoms with Gasteiger partial charge in [-0.15, -0.1) is 0 Å². The minimum atomic E-state index is 0.181. The van der Waals surface area contributed by atoms with Crippen molar-refractivity contribution in [3.8, 4) is 0 Å². The Morgan fingerprint density at radius 1 is 1.33 bits per heavy atom. The van der Waals surface area contributed by atoms with E-state index in [1.165, 1.54) is 29.5 Å². The lowest BCUT2D eigenvalue weighted by molar-refractivity contribution is -0.122. The fourth-order valence-corrected chi connectivity index (χ4v) is 3.18. The van der Waals surface area contributed by atoms with Crippen LogP contribution in [0.25, 0.3) is 0 Å². The number of amides is 1. The van der Waals surface area contributed by atoms with E-state index in [4.69, 9.17) is 0 Å². The second kappa shape index (κ2) is 7.60. The number of hydrogen-bond donors (Lipinski definition) is 2. The van der Waals surface area contributed by atoms with Crippen LogP contribution in [0.5, 0.6) is 0 Å². The summed E-state index contributed by atoms with van der Waals surface area (Å²) in [5, 5.41) is 6.45. The van der Waals surface area contributed by atoms with Crippen LogP contribution in [0, 0.1) is 25.7 Å². The van der Waals surface area contributed by atoms with E-state index in [1.54, 1.807) is 0 Å². The van der Waals surface area contributed by atoms with Crippen molar-refractivity contribution in [2.24, 2.45) is 11.8 Å². The van der Waals surface area contributed by atoms with Crippen LogP contribution in [0.4, 0.5) is 0 Å². The number of carbonyl (C=O) groups excluding carboxylic acids is 1. The quantitative estimate of drug-likeness (QED) is 0.874. The van der Waals surface area contributed by atoms with Crippen LogP contribution >= 0.6 is 0 Å². The normalized spacial score (nSPS) is 17.5. The van der Waals surface area contributed by atoms with E-state index >= 15 is 0 Å². The first-order valence-corrected chi connectivity index (χ1v) is 8.10. The van der Waals surface area contributed by atoms with Gasteiger partial charge in [-0.2, -0.15) is 0 Å². The minimum Gasteiger partial charge on any atom is -0.352 e. The highest BCUT2D eigenvalue weighted by molar-refractivity contribution is 5.76. The number of benzene rings is 1. The summed E-state index contributed by atoms with van der Waals surface area (Å²) in [7, 11) is 0. The Balaban J connectivity index is 1.78. The molecule has 1 heterocycles. The van der Waals surface area contributed by atoms with Crippen molar-refractivity contribution in [3.63, 3.8) is 0 Å². The summed E-state index contributed by atoms with van der Waals surface area (Å²) < 4.78 is 0. The number of rotatable bonds is 5. The van der Waals surface area contributed by atoms with Crippen LogP contribution in [0.1, 0.15) is 42.9 Å². The molecule has 1 unspecified atom stereocenters. The Morgan fingerprint density at radius 2 is 2.05 bits per heavy atom. The number of carbonyl (C=O) groups is 1. The van der Waals surface area contributed by atoms with E-state index in [-0.39, 0.29) is 5.91 Å². The average Bonchev–Trinajstić information content (AvgIpc) is 2.47. The zero-order chi connectivity index (χ0) is 15.2. The molecular weight excluding hydrogens is 260 g/mol. The molecule has 1 aromatic carbocycles. The minimum absolute atomic E-state index is 0.181. The largest absolute Gasteiger partial charge is 0.352 e. The molecule has 1 amide bonds. The Hall–Kier alpha value is -1.35. The van der Waals surface area contributed by atoms with Gasteiger partial charge in [0.2, 0.25) is 5.91 Å². The molecule has 0 bridgehead atoms. The highest BCUT2D eigenvalue weighted by Gasteiger charge is 2.21. The average molecular weight is 288 g/mol. The molecule has 1 aliphatic heterocycles. The van der Waals surface area contributed by atoms with E-state index in [2.05, 4.69) is 49.6 Å². The third kappa shape index (κ3) is 4.85. The van der Waals surface area contributed by atoms with Gasteiger partial charge in [-0.1, -0.05) is 30.7 Å². The summed E-state index contributed by atoms with van der Waals surface area (Å²) in [5.74, 6) is 1.35. The maximum absolute atomic E-state index is 12.1. The van der Waals surface area contributed by atoms with Crippen molar-refractivity contribution in [3.05, 3.63) is 34.9 Å². The lowest BCUT2D eigenvalue weighted by Gasteiger charge is -2.27. The lowest BCUT2D eigenvalue weighted by atomic mass is 9.84. The topological polar surface area (TPSA) is 41.1 Å². The molecule has 2 rings (SSSR count). The van der Waals surface area contributed by atoms with Crippen LogP contribution in [-0.2, 0) is 11.3 Å². The third-order valence-electron chi connectivity index (χ3n) is 4.67. The third-order valence-corrected chi connectivity index (χ3v) is 4.67. The highest BCUT2D eigenvalue weighted by atomic mass is 16.1. The molecule has 0 aliphatic carbocycles. The number of aryl methyl sites for hydroxylation is 2. The van der Waals surface area contributed by atoms with Gasteiger partial charge in [0.15, 0.2) is 0 Å². The standard InChI is InChI=1S/C18H28N2O/c1-13-4-5-17(14(2)10-13)12-20-18(21)11-15(3)16-6-8-19-9-7-16/h4-5,10,15-16,19H,6-9,11-12H2,1-3H3,(H,20,21). The maximum Gasteiger partial charge on any atom is 0.220 e. The van der Waals surface area contributed by atoms with Gasteiger partial charge < -0.3 is 10.6 Å². The predicted octanol–water partition coefficient (Wildman–Crippen LogP) is 2.95. The van der Waals surface area contributed by atoms with Crippen LogP contribution in [0.15, 0.2) is 18.2 Å². The van der Waals surface area contributed by atoms with Crippen molar-refractivity contribution >= 4 is 5.91 Å². The fraction of sp³-hybridized carbons (Fsp3) is 0.611. The molecule has 1 aromatic rings. The fourth-order valence-electron chi connectivity index (χ4n) is 3.18. The Labute approximate surface area is 128 Å². The Morgan fingerprint density at radius 3 is 2.71 bits per heavy atom. The van der Waals surface area contributed by atoms with Crippen LogP contribution in [0.3, 0.4) is 0 Å². The molecule has 1 atom stereocenters. The molecule has 3 nitrogen and oxygen atoms in total. The first-order chi connectivity index (χ1) is 10.1. The van der Waals surface area contributed by atoms with Crippen molar-refractivity contribution in [1.82, 2.24) is 10.6 Å². The van der Waals surface area contributed by atoms with E-state index in [1.807, 2.05) is 0 Å². The summed E-state index contributed by atoms with van der Waals surface area (Å²) in [6.45, 7) is 9.25. The van der Waals surface area contributed by atoms with Crippen molar-refractivity contribution in [1.29, 1.82) is 0 Å². The molecule has 1 aliphatic rings. The smallest absolute Gasteiger partial charge is 0.220 e. The van der Waals surface area contributed by atoms with Gasteiger partial charge in [-0.05, 0) is 62.7 Å². The monoisotopic (exact) mass is 288 g/mol. The number of piperidine rings is 1. The predicted molar refractivity (Wildman–Crippen MR) is 87.1 cm³/mol. The zero-order valence-corrected chi connectivity index (χ0v) is 13.5. The molecule has 1 saturated heterocycles. The molecule has 0 aromatic heterocycles. The van der Waals surface area contributed by atoms with Gasteiger partial charge in [-0.25, -0.2) is 0 Å². The van der Waals surface area contributed by atoms with E-state index in [0.29, 0.717) is 24.8 Å². The van der Waals surface area contributed by atoms with Crippen LogP contribution in [0.2, 0.25) is 0 Å². The molecule has 116 valence electrons. The molecule has 0 radical (unpaired) electrons. The molecule has 0 spiro atoms. The van der Waals surface area contributed by atoms with Crippen molar-refractivity contribution in [2.75, 3.05) is 13.1 Å². The van der Waals surface area contributed by atoms with Crippen LogP contribution in [-0.4, -0.2) is 19.0 Å². The highest BCUT2D eigenvalue weighted by Crippen LogP contribution is 2.24. The molecule has 0 saturated carbocycles. The van der Waals surface area contributed by atoms with Gasteiger partial charge in [-0.3, -0.25) is 4.79 Å². The van der Waals surface area contributed by atoms with E-state index in [0.717, 1.165) is 13.1 Å². The van der Waals surface area contributed by atoms with Gasteiger partial charge in [0, 0.05) is 13.0 Å². The van der Waals surface area contributed by atoms with Gasteiger partial charge in [0.1, 0.15) is 0 Å². The SMILES string of the molecule is Cc1ccc(CNC(=O)CC(C)C2CCNCC2)c(C)c1.